The Labute approximate surface area is 71.1 Å². The van der Waals surface area contributed by atoms with Gasteiger partial charge in [0.05, 0.1) is 6.61 Å². The molecule has 0 amide bonds. The van der Waals surface area contributed by atoms with Crippen molar-refractivity contribution in [2.45, 2.75) is 19.8 Å². The zero-order valence-corrected chi connectivity index (χ0v) is 7.06. The third kappa shape index (κ3) is 2.38. The minimum absolute atomic E-state index is 0.409. The highest BCUT2D eigenvalue weighted by molar-refractivity contribution is 5.68. The third-order valence-electron chi connectivity index (χ3n) is 1.41. The van der Waals surface area contributed by atoms with Gasteiger partial charge in [-0.3, -0.25) is 0 Å². The molecule has 1 aromatic heterocycles. The fourth-order valence-electron chi connectivity index (χ4n) is 0.747. The number of ether oxygens (including phenoxy) is 1. The first kappa shape index (κ1) is 8.77. The maximum Gasteiger partial charge on any atom is 0.434 e. The zero-order chi connectivity index (χ0) is 8.81. The van der Waals surface area contributed by atoms with Gasteiger partial charge in [-0.25, -0.2) is 4.79 Å². The molecular weight excluding hydrogens is 156 g/mol. The van der Waals surface area contributed by atoms with Crippen molar-refractivity contribution < 1.29 is 9.53 Å². The smallest absolute Gasteiger partial charge is 0.434 e. The lowest BCUT2D eigenvalue weighted by atomic mass is 10.4. The molecule has 0 bridgehead atoms. The summed E-state index contributed by atoms with van der Waals surface area (Å²) in [4.78, 5) is 11.1. The Morgan fingerprint density at radius 3 is 3.08 bits per heavy atom. The predicted octanol–water partition coefficient (Wildman–Crippen LogP) is 1.67. The molecule has 0 spiro atoms. The van der Waals surface area contributed by atoms with Crippen molar-refractivity contribution in [3.05, 3.63) is 18.5 Å². The number of unbranched alkanes of at least 4 members (excludes halogenated alkanes) is 1. The Morgan fingerprint density at radius 2 is 2.50 bits per heavy atom. The highest BCUT2D eigenvalue weighted by Gasteiger charge is 2.03. The molecule has 0 N–H and O–H groups in total. The Morgan fingerprint density at radius 1 is 1.67 bits per heavy atom. The lowest BCUT2D eigenvalue weighted by molar-refractivity contribution is 0.143. The number of hydrogen-bond acceptors (Lipinski definition) is 3. The number of rotatable bonds is 3. The normalized spacial score (nSPS) is 9.75. The van der Waals surface area contributed by atoms with E-state index in [9.17, 15) is 4.79 Å². The van der Waals surface area contributed by atoms with Crippen molar-refractivity contribution in [1.29, 1.82) is 0 Å². The fraction of sp³-hybridized carbons (Fsp3) is 0.500. The summed E-state index contributed by atoms with van der Waals surface area (Å²) in [5.41, 5.74) is 0. The summed E-state index contributed by atoms with van der Waals surface area (Å²) >= 11 is 0. The van der Waals surface area contributed by atoms with Gasteiger partial charge in [0, 0.05) is 12.4 Å². The van der Waals surface area contributed by atoms with E-state index in [0.717, 1.165) is 12.8 Å². The van der Waals surface area contributed by atoms with Gasteiger partial charge in [0.1, 0.15) is 0 Å². The Kier molecular flexibility index (Phi) is 3.32. The van der Waals surface area contributed by atoms with E-state index in [-0.39, 0.29) is 0 Å². The molecule has 0 aromatic carbocycles. The van der Waals surface area contributed by atoms with Crippen molar-refractivity contribution in [3.8, 4) is 0 Å². The van der Waals surface area contributed by atoms with Gasteiger partial charge in [-0.15, -0.1) is 0 Å². The van der Waals surface area contributed by atoms with Gasteiger partial charge in [0.15, 0.2) is 0 Å². The van der Waals surface area contributed by atoms with Gasteiger partial charge in [-0.2, -0.15) is 9.78 Å². The molecule has 66 valence electrons. The molecule has 1 aromatic rings. The molecule has 0 saturated heterocycles. The van der Waals surface area contributed by atoms with E-state index in [1.807, 2.05) is 6.92 Å². The lowest BCUT2D eigenvalue weighted by Crippen LogP contribution is -2.14. The van der Waals surface area contributed by atoms with Crippen LogP contribution in [-0.2, 0) is 4.74 Å². The van der Waals surface area contributed by atoms with E-state index < -0.39 is 6.09 Å². The number of aromatic nitrogens is 2. The lowest BCUT2D eigenvalue weighted by Gasteiger charge is -2.01. The Bertz CT molecular complexity index is 231. The van der Waals surface area contributed by atoms with Crippen molar-refractivity contribution >= 4 is 6.09 Å². The first-order valence-corrected chi connectivity index (χ1v) is 4.01. The Hall–Kier alpha value is -1.32. The van der Waals surface area contributed by atoms with Crippen LogP contribution < -0.4 is 0 Å². The predicted molar refractivity (Wildman–Crippen MR) is 43.9 cm³/mol. The molecule has 1 heterocycles. The quantitative estimate of drug-likeness (QED) is 0.645. The van der Waals surface area contributed by atoms with Gasteiger partial charge < -0.3 is 4.74 Å². The van der Waals surface area contributed by atoms with E-state index in [0.29, 0.717) is 6.61 Å². The summed E-state index contributed by atoms with van der Waals surface area (Å²) in [6.07, 6.45) is 4.61. The van der Waals surface area contributed by atoms with Crippen LogP contribution in [0.1, 0.15) is 19.8 Å². The maximum absolute atomic E-state index is 11.1. The minimum Gasteiger partial charge on any atom is -0.448 e. The molecule has 0 fully saturated rings. The molecule has 0 aliphatic carbocycles. The highest BCUT2D eigenvalue weighted by Crippen LogP contribution is 1.92. The summed E-state index contributed by atoms with van der Waals surface area (Å²) in [5.74, 6) is 0. The van der Waals surface area contributed by atoms with Crippen molar-refractivity contribution in [1.82, 2.24) is 9.78 Å². The molecule has 12 heavy (non-hydrogen) atoms. The van der Waals surface area contributed by atoms with E-state index in [1.54, 1.807) is 18.5 Å². The molecule has 4 heteroatoms. The van der Waals surface area contributed by atoms with Crippen LogP contribution in [0.4, 0.5) is 4.79 Å². The molecule has 0 atom stereocenters. The molecule has 0 saturated carbocycles. The molecule has 0 radical (unpaired) electrons. The summed E-state index contributed by atoms with van der Waals surface area (Å²) in [6.45, 7) is 2.51. The van der Waals surface area contributed by atoms with Crippen LogP contribution in [0, 0.1) is 0 Å². The molecule has 0 unspecified atom stereocenters. The number of carbonyl (C=O) groups excluding carboxylic acids is 1. The maximum atomic E-state index is 11.1. The van der Waals surface area contributed by atoms with Crippen LogP contribution >= 0.6 is 0 Å². The minimum atomic E-state index is -0.409. The van der Waals surface area contributed by atoms with E-state index >= 15 is 0 Å². The van der Waals surface area contributed by atoms with E-state index in [1.165, 1.54) is 4.68 Å². The molecule has 4 nitrogen and oxygen atoms in total. The fourth-order valence-corrected chi connectivity index (χ4v) is 0.747. The van der Waals surface area contributed by atoms with Crippen LogP contribution in [0.15, 0.2) is 18.5 Å². The number of carbonyl (C=O) groups is 1. The average Bonchev–Trinajstić information content (AvgIpc) is 2.56. The SMILES string of the molecule is CCCCOC(=O)n1cccn1. The first-order valence-electron chi connectivity index (χ1n) is 4.01. The van der Waals surface area contributed by atoms with Crippen molar-refractivity contribution in [2.24, 2.45) is 0 Å². The Balaban J connectivity index is 2.30. The van der Waals surface area contributed by atoms with Crippen molar-refractivity contribution in [2.75, 3.05) is 6.61 Å². The van der Waals surface area contributed by atoms with Crippen LogP contribution in [0.25, 0.3) is 0 Å². The van der Waals surface area contributed by atoms with Gasteiger partial charge in [-0.05, 0) is 12.5 Å². The molecule has 1 rings (SSSR count). The average molecular weight is 168 g/mol. The van der Waals surface area contributed by atoms with Gasteiger partial charge in [0.2, 0.25) is 0 Å². The molecule has 0 aliphatic rings. The number of hydrogen-bond donors (Lipinski definition) is 0. The second kappa shape index (κ2) is 4.54. The van der Waals surface area contributed by atoms with Crippen LogP contribution in [0.5, 0.6) is 0 Å². The second-order valence-corrected chi connectivity index (χ2v) is 2.42. The highest BCUT2D eigenvalue weighted by atomic mass is 16.6. The standard InChI is InChI=1S/C8H12N2O2/c1-2-3-7-12-8(11)10-6-4-5-9-10/h4-6H,2-3,7H2,1H3. The van der Waals surface area contributed by atoms with Crippen LogP contribution in [0.2, 0.25) is 0 Å². The summed E-state index contributed by atoms with van der Waals surface area (Å²) in [5, 5.41) is 3.74. The molecule has 0 aliphatic heterocycles. The van der Waals surface area contributed by atoms with E-state index in [2.05, 4.69) is 5.10 Å². The van der Waals surface area contributed by atoms with Gasteiger partial charge in [-0.1, -0.05) is 13.3 Å². The van der Waals surface area contributed by atoms with Crippen LogP contribution in [0.3, 0.4) is 0 Å². The van der Waals surface area contributed by atoms with Crippen LogP contribution in [-0.4, -0.2) is 22.5 Å². The summed E-state index contributed by atoms with van der Waals surface area (Å²) < 4.78 is 6.06. The molecular formula is C8H12N2O2. The second-order valence-electron chi connectivity index (χ2n) is 2.42. The van der Waals surface area contributed by atoms with Gasteiger partial charge in [0.25, 0.3) is 0 Å². The third-order valence-corrected chi connectivity index (χ3v) is 1.41. The monoisotopic (exact) mass is 168 g/mol. The van der Waals surface area contributed by atoms with Crippen molar-refractivity contribution in [3.63, 3.8) is 0 Å². The van der Waals surface area contributed by atoms with Gasteiger partial charge >= 0.3 is 6.09 Å². The first-order chi connectivity index (χ1) is 5.84. The van der Waals surface area contributed by atoms with E-state index in [4.69, 9.17) is 4.74 Å². The largest absolute Gasteiger partial charge is 0.448 e. The summed E-state index contributed by atoms with van der Waals surface area (Å²) in [6, 6.07) is 1.68. The summed E-state index contributed by atoms with van der Waals surface area (Å²) in [7, 11) is 0. The number of nitrogens with zero attached hydrogens (tertiary/aromatic N) is 2. The topological polar surface area (TPSA) is 44.1 Å². The zero-order valence-electron chi connectivity index (χ0n) is 7.06.